The number of rotatable bonds is 13. The average molecular weight is 538 g/mol. The van der Waals surface area contributed by atoms with Gasteiger partial charge in [0.05, 0.1) is 48.3 Å². The predicted molar refractivity (Wildman–Crippen MR) is 151 cm³/mol. The molecule has 0 bridgehead atoms. The second-order valence-electron chi connectivity index (χ2n) is 8.31. The summed E-state index contributed by atoms with van der Waals surface area (Å²) < 4.78 is 38.1. The first-order valence-electron chi connectivity index (χ1n) is 12.1. The van der Waals surface area contributed by atoms with Crippen LogP contribution >= 0.6 is 0 Å². The average Bonchev–Trinajstić information content (AvgIpc) is 2.98. The number of ether oxygens (including phenoxy) is 7. The molecule has 208 valence electrons. The highest BCUT2D eigenvalue weighted by molar-refractivity contribution is 6.06. The molecule has 0 aliphatic heterocycles. The van der Waals surface area contributed by atoms with Gasteiger partial charge in [0, 0.05) is 25.0 Å². The molecular weight excluding hydrogens is 502 g/mol. The molecule has 3 rings (SSSR count). The number of nitrogens with one attached hydrogen (secondary N) is 1. The Hall–Kier alpha value is -4.37. The topological polar surface area (TPSA) is 93.7 Å². The lowest BCUT2D eigenvalue weighted by molar-refractivity contribution is -0.111. The van der Waals surface area contributed by atoms with E-state index in [1.807, 2.05) is 42.5 Å². The van der Waals surface area contributed by atoms with Crippen molar-refractivity contribution in [3.63, 3.8) is 0 Å². The van der Waals surface area contributed by atoms with Crippen molar-refractivity contribution in [2.45, 2.75) is 12.5 Å². The summed E-state index contributed by atoms with van der Waals surface area (Å²) in [5.41, 5.74) is 2.83. The molecule has 0 heterocycles. The summed E-state index contributed by atoms with van der Waals surface area (Å²) in [6.45, 7) is 0. The van der Waals surface area contributed by atoms with E-state index in [9.17, 15) is 4.79 Å². The Morgan fingerprint density at radius 1 is 0.769 bits per heavy atom. The summed E-state index contributed by atoms with van der Waals surface area (Å²) in [5.74, 6) is 3.10. The number of allylic oxidation sites excluding steroid dienone is 3. The van der Waals surface area contributed by atoms with Gasteiger partial charge in [0.25, 0.3) is 0 Å². The third-order valence-corrected chi connectivity index (χ3v) is 6.10. The maximum absolute atomic E-state index is 12.8. The van der Waals surface area contributed by atoms with Crippen LogP contribution in [0, 0.1) is 0 Å². The predicted octanol–water partition coefficient (Wildman–Crippen LogP) is 5.27. The fourth-order valence-corrected chi connectivity index (χ4v) is 4.11. The number of carbonyl (C=O) groups excluding carboxylic acids is 1. The van der Waals surface area contributed by atoms with E-state index in [4.69, 9.17) is 33.2 Å². The molecule has 2 aromatic carbocycles. The molecule has 0 radical (unpaired) electrons. The summed E-state index contributed by atoms with van der Waals surface area (Å²) in [6, 6.07) is 7.44. The van der Waals surface area contributed by atoms with Crippen LogP contribution in [0.4, 0.5) is 5.69 Å². The fraction of sp³-hybridized carbons (Fsp3) is 0.300. The van der Waals surface area contributed by atoms with Crippen molar-refractivity contribution in [2.75, 3.05) is 55.1 Å². The van der Waals surface area contributed by atoms with Gasteiger partial charge in [-0.3, -0.25) is 4.79 Å². The number of methoxy groups -OCH3 is 7. The molecule has 0 spiro atoms. The third-order valence-electron chi connectivity index (χ3n) is 6.10. The zero-order valence-corrected chi connectivity index (χ0v) is 23.3. The SMILES string of the molecule is COC1=CC(C(=O)/C=C\Nc2cc(/C=C\c3cc(OC)c(OC)c(OC)c3)cc(OC)c2OC)=CCC1OC. The molecule has 1 aliphatic rings. The van der Waals surface area contributed by atoms with E-state index in [1.165, 1.54) is 6.08 Å². The van der Waals surface area contributed by atoms with Gasteiger partial charge >= 0.3 is 0 Å². The van der Waals surface area contributed by atoms with Gasteiger partial charge in [-0.15, -0.1) is 0 Å². The van der Waals surface area contributed by atoms with Crippen molar-refractivity contribution in [3.05, 3.63) is 71.2 Å². The summed E-state index contributed by atoms with van der Waals surface area (Å²) >= 11 is 0. The van der Waals surface area contributed by atoms with E-state index >= 15 is 0 Å². The summed E-state index contributed by atoms with van der Waals surface area (Å²) in [4.78, 5) is 12.8. The molecule has 9 heteroatoms. The molecule has 0 fully saturated rings. The van der Waals surface area contributed by atoms with Gasteiger partial charge in [-0.1, -0.05) is 18.2 Å². The minimum atomic E-state index is -0.193. The van der Waals surface area contributed by atoms with Gasteiger partial charge in [0.2, 0.25) is 5.75 Å². The van der Waals surface area contributed by atoms with E-state index in [0.29, 0.717) is 52.2 Å². The standard InChI is InChI=1S/C30H35NO8/c1-33-24-11-10-21(18-25(24)34-2)23(32)12-13-31-22-14-19(15-26(35-3)29(22)38-6)8-9-20-16-27(36-4)30(39-7)28(17-20)37-5/h8-10,12-18,24,31H,11H2,1-7H3/b9-8-,13-12-. The number of hydrogen-bond donors (Lipinski definition) is 1. The number of hydrogen-bond acceptors (Lipinski definition) is 9. The molecule has 0 saturated carbocycles. The van der Waals surface area contributed by atoms with Crippen molar-refractivity contribution >= 4 is 23.6 Å². The van der Waals surface area contributed by atoms with Crippen LogP contribution in [0.15, 0.2) is 60.0 Å². The van der Waals surface area contributed by atoms with Gasteiger partial charge < -0.3 is 38.5 Å². The largest absolute Gasteiger partial charge is 0.498 e. The first-order valence-corrected chi connectivity index (χ1v) is 12.1. The molecule has 2 aromatic rings. The summed E-state index contributed by atoms with van der Waals surface area (Å²) in [6.07, 6.45) is 10.7. The Morgan fingerprint density at radius 2 is 1.33 bits per heavy atom. The minimum Gasteiger partial charge on any atom is -0.498 e. The van der Waals surface area contributed by atoms with E-state index in [1.54, 1.807) is 62.0 Å². The number of benzene rings is 2. The van der Waals surface area contributed by atoms with Gasteiger partial charge in [-0.2, -0.15) is 0 Å². The lowest BCUT2D eigenvalue weighted by Gasteiger charge is -2.20. The van der Waals surface area contributed by atoms with E-state index < -0.39 is 0 Å². The molecule has 9 nitrogen and oxygen atoms in total. The highest BCUT2D eigenvalue weighted by Gasteiger charge is 2.20. The first kappa shape index (κ1) is 29.2. The van der Waals surface area contributed by atoms with Gasteiger partial charge in [-0.25, -0.2) is 0 Å². The highest BCUT2D eigenvalue weighted by Crippen LogP contribution is 2.40. The Bertz CT molecular complexity index is 1270. The van der Waals surface area contributed by atoms with E-state index in [2.05, 4.69) is 5.32 Å². The Morgan fingerprint density at radius 3 is 1.85 bits per heavy atom. The van der Waals surface area contributed by atoms with Gasteiger partial charge in [0.15, 0.2) is 28.8 Å². The number of anilines is 1. The summed E-state index contributed by atoms with van der Waals surface area (Å²) in [7, 11) is 11.0. The molecular formula is C30H35NO8. The molecule has 0 aromatic heterocycles. The summed E-state index contributed by atoms with van der Waals surface area (Å²) in [5, 5.41) is 3.14. The third kappa shape index (κ3) is 6.94. The second kappa shape index (κ2) is 14.0. The lowest BCUT2D eigenvalue weighted by atomic mass is 10.00. The normalized spacial score (nSPS) is 15.0. The first-order chi connectivity index (χ1) is 18.9. The van der Waals surface area contributed by atoms with Crippen LogP contribution in [-0.4, -0.2) is 61.7 Å². The maximum atomic E-state index is 12.8. The van der Waals surface area contributed by atoms with Crippen LogP contribution in [0.1, 0.15) is 17.5 Å². The van der Waals surface area contributed by atoms with Crippen LogP contribution in [0.5, 0.6) is 28.7 Å². The Kier molecular flexibility index (Phi) is 10.5. The van der Waals surface area contributed by atoms with Gasteiger partial charge in [-0.05, 0) is 47.9 Å². The van der Waals surface area contributed by atoms with Crippen LogP contribution in [-0.2, 0) is 14.3 Å². The molecule has 1 unspecified atom stereocenters. The lowest BCUT2D eigenvalue weighted by Crippen LogP contribution is -2.19. The van der Waals surface area contributed by atoms with Crippen molar-refractivity contribution in [3.8, 4) is 28.7 Å². The van der Waals surface area contributed by atoms with Crippen LogP contribution < -0.4 is 29.0 Å². The molecule has 1 atom stereocenters. The smallest absolute Gasteiger partial charge is 0.203 e. The maximum Gasteiger partial charge on any atom is 0.203 e. The monoisotopic (exact) mass is 537 g/mol. The number of carbonyl (C=O) groups is 1. The highest BCUT2D eigenvalue weighted by atomic mass is 16.5. The molecule has 1 N–H and O–H groups in total. The van der Waals surface area contributed by atoms with Crippen molar-refractivity contribution in [2.24, 2.45) is 0 Å². The van der Waals surface area contributed by atoms with Crippen LogP contribution in [0.3, 0.4) is 0 Å². The molecule has 1 aliphatic carbocycles. The molecule has 39 heavy (non-hydrogen) atoms. The quantitative estimate of drug-likeness (QED) is 0.271. The van der Waals surface area contributed by atoms with Crippen LogP contribution in [0.2, 0.25) is 0 Å². The fourth-order valence-electron chi connectivity index (χ4n) is 4.11. The zero-order chi connectivity index (χ0) is 28.4. The van der Waals surface area contributed by atoms with E-state index in [-0.39, 0.29) is 11.9 Å². The van der Waals surface area contributed by atoms with Crippen molar-refractivity contribution in [1.29, 1.82) is 0 Å². The molecule has 0 saturated heterocycles. The Balaban J connectivity index is 1.85. The van der Waals surface area contributed by atoms with Crippen molar-refractivity contribution < 1.29 is 38.0 Å². The van der Waals surface area contributed by atoms with E-state index in [0.717, 1.165) is 11.1 Å². The van der Waals surface area contributed by atoms with Crippen molar-refractivity contribution in [1.82, 2.24) is 0 Å². The minimum absolute atomic E-state index is 0.170. The molecule has 0 amide bonds. The second-order valence-corrected chi connectivity index (χ2v) is 8.31. The zero-order valence-electron chi connectivity index (χ0n) is 23.3. The van der Waals surface area contributed by atoms with Crippen LogP contribution in [0.25, 0.3) is 12.2 Å². The Labute approximate surface area is 229 Å². The van der Waals surface area contributed by atoms with Gasteiger partial charge in [0.1, 0.15) is 11.9 Å². The number of ketones is 1.